The van der Waals surface area contributed by atoms with E-state index in [1.54, 1.807) is 12.1 Å². The molecule has 0 radical (unpaired) electrons. The Bertz CT molecular complexity index is 923. The second kappa shape index (κ2) is 5.94. The van der Waals surface area contributed by atoms with Gasteiger partial charge in [-0.1, -0.05) is 13.0 Å². The Morgan fingerprint density at radius 2 is 2.23 bits per heavy atom. The van der Waals surface area contributed by atoms with Crippen LogP contribution in [0.1, 0.15) is 23.7 Å². The highest BCUT2D eigenvalue weighted by molar-refractivity contribution is 8.46. The molecule has 3 unspecified atom stereocenters. The monoisotopic (exact) mass is 371 g/mol. The molecule has 3 saturated heterocycles. The molecule has 1 amide bonds. The minimum Gasteiger partial charge on any atom is -0.443 e. The van der Waals surface area contributed by atoms with E-state index in [1.807, 2.05) is 12.3 Å². The van der Waals surface area contributed by atoms with Crippen molar-refractivity contribution in [3.8, 4) is 0 Å². The number of carbonyl (C=O) groups excluding carboxylic acids is 1. The number of piperazine rings is 1. The lowest BCUT2D eigenvalue weighted by molar-refractivity contribution is 0.0979. The van der Waals surface area contributed by atoms with Crippen LogP contribution in [0.4, 0.5) is 0 Å². The topological polar surface area (TPSA) is 82.8 Å². The molecule has 2 bridgehead atoms. The molecule has 1 aromatic heterocycles. The number of piperidine rings is 1. The highest BCUT2D eigenvalue weighted by Gasteiger charge is 2.45. The number of nitrogens with one attached hydrogen (secondary N) is 2. The van der Waals surface area contributed by atoms with Crippen molar-refractivity contribution in [3.05, 3.63) is 41.8 Å². The molecule has 26 heavy (non-hydrogen) atoms. The number of amides is 1. The van der Waals surface area contributed by atoms with Gasteiger partial charge in [0.25, 0.3) is 5.91 Å². The summed E-state index contributed by atoms with van der Waals surface area (Å²) in [7, 11) is -1.40. The third kappa shape index (κ3) is 2.33. The molecule has 0 spiro atoms. The number of benzene rings is 1. The van der Waals surface area contributed by atoms with Gasteiger partial charge in [-0.15, -0.1) is 10.2 Å². The summed E-state index contributed by atoms with van der Waals surface area (Å²) >= 11 is 0. The van der Waals surface area contributed by atoms with E-state index in [1.165, 1.54) is 12.8 Å². The molecule has 136 valence electrons. The summed E-state index contributed by atoms with van der Waals surface area (Å²) in [4.78, 5) is 21.7. The van der Waals surface area contributed by atoms with Crippen LogP contribution in [-0.2, 0) is 0 Å². The van der Waals surface area contributed by atoms with Crippen LogP contribution in [0.3, 0.4) is 0 Å². The molecule has 6 rings (SSSR count). The summed E-state index contributed by atoms with van der Waals surface area (Å²) in [5.41, 5.74) is 1.70. The summed E-state index contributed by atoms with van der Waals surface area (Å²) in [6.45, 7) is 4.20. The zero-order valence-electron chi connectivity index (χ0n) is 14.5. The first kappa shape index (κ1) is 16.0. The van der Waals surface area contributed by atoms with Gasteiger partial charge in [-0.2, -0.15) is 0 Å². The smallest absolute Gasteiger partial charge is 0.259 e. The highest BCUT2D eigenvalue weighted by atomic mass is 32.3. The van der Waals surface area contributed by atoms with E-state index >= 15 is 0 Å². The molecule has 0 aliphatic carbocycles. The largest absolute Gasteiger partial charge is 0.443 e. The van der Waals surface area contributed by atoms with Crippen molar-refractivity contribution < 1.29 is 9.21 Å². The molecule has 2 N–H and O–H groups in total. The molecule has 1 aromatic carbocycles. The predicted molar refractivity (Wildman–Crippen MR) is 103 cm³/mol. The van der Waals surface area contributed by atoms with Crippen LogP contribution in [0, 0.1) is 0 Å². The number of hydrogen-bond donors (Lipinski definition) is 2. The summed E-state index contributed by atoms with van der Waals surface area (Å²) in [5.74, 6) is 0.758. The van der Waals surface area contributed by atoms with Crippen molar-refractivity contribution in [2.45, 2.75) is 25.4 Å². The lowest BCUT2D eigenvalue weighted by Gasteiger charge is -2.55. The van der Waals surface area contributed by atoms with Crippen LogP contribution < -0.4 is 10.6 Å². The van der Waals surface area contributed by atoms with Gasteiger partial charge < -0.3 is 15.1 Å². The second-order valence-electron chi connectivity index (χ2n) is 6.86. The fourth-order valence-corrected chi connectivity index (χ4v) is 7.12. The third-order valence-electron chi connectivity index (χ3n) is 5.43. The van der Waals surface area contributed by atoms with Gasteiger partial charge in [-0.3, -0.25) is 9.10 Å². The van der Waals surface area contributed by atoms with Crippen molar-refractivity contribution in [2.24, 2.45) is 4.99 Å². The summed E-state index contributed by atoms with van der Waals surface area (Å²) in [6, 6.07) is 6.52. The Hall–Kier alpha value is -2.16. The SMILES string of the molecule is CCS1(N2CC3CC(C2)N3)C=CN=C1NC(=O)c1cccc2ocnc12. The zero-order chi connectivity index (χ0) is 17.7. The molecule has 3 atom stereocenters. The van der Waals surface area contributed by atoms with E-state index < -0.39 is 10.2 Å². The predicted octanol–water partition coefficient (Wildman–Crippen LogP) is 2.18. The second-order valence-corrected chi connectivity index (χ2v) is 10.1. The molecule has 7 nitrogen and oxygen atoms in total. The zero-order valence-corrected chi connectivity index (χ0v) is 15.3. The molecule has 5 heterocycles. The Labute approximate surface area is 153 Å². The van der Waals surface area contributed by atoms with Crippen LogP contribution in [0.2, 0.25) is 0 Å². The van der Waals surface area contributed by atoms with Crippen LogP contribution in [-0.4, -0.2) is 51.3 Å². The van der Waals surface area contributed by atoms with Crippen molar-refractivity contribution in [2.75, 3.05) is 18.8 Å². The van der Waals surface area contributed by atoms with E-state index in [0.717, 1.165) is 24.0 Å². The fourth-order valence-electron chi connectivity index (χ4n) is 4.07. The molecular weight excluding hydrogens is 350 g/mol. The van der Waals surface area contributed by atoms with Gasteiger partial charge >= 0.3 is 0 Å². The normalized spacial score (nSPS) is 32.7. The van der Waals surface area contributed by atoms with Crippen LogP contribution in [0.15, 0.2) is 45.6 Å². The first-order valence-corrected chi connectivity index (χ1v) is 10.7. The number of hydrogen-bond acceptors (Lipinski definition) is 6. The van der Waals surface area contributed by atoms with Gasteiger partial charge in [0, 0.05) is 31.4 Å². The van der Waals surface area contributed by atoms with Crippen molar-refractivity contribution >= 4 is 32.4 Å². The Balaban J connectivity index is 1.42. The average molecular weight is 371 g/mol. The first-order chi connectivity index (χ1) is 12.7. The number of oxazole rings is 1. The number of carbonyl (C=O) groups is 1. The lowest BCUT2D eigenvalue weighted by atomic mass is 9.93. The molecule has 4 aliphatic rings. The van der Waals surface area contributed by atoms with Gasteiger partial charge in [0.15, 0.2) is 17.1 Å². The van der Waals surface area contributed by atoms with Crippen molar-refractivity contribution in [1.29, 1.82) is 0 Å². The third-order valence-corrected chi connectivity index (χ3v) is 8.98. The van der Waals surface area contributed by atoms with Gasteiger partial charge in [0.1, 0.15) is 5.52 Å². The van der Waals surface area contributed by atoms with Gasteiger partial charge in [-0.25, -0.2) is 9.98 Å². The maximum atomic E-state index is 13.0. The molecule has 2 aromatic rings. The molecular formula is C18H21N5O2S. The molecule has 0 saturated carbocycles. The quantitative estimate of drug-likeness (QED) is 0.864. The minimum absolute atomic E-state index is 0.183. The number of fused-ring (bicyclic) bond motifs is 3. The molecule has 8 heteroatoms. The molecule has 4 aliphatic heterocycles. The van der Waals surface area contributed by atoms with Gasteiger partial charge in [0.2, 0.25) is 0 Å². The number of para-hydroxylation sites is 1. The molecule has 3 fully saturated rings. The number of rotatable bonds is 3. The van der Waals surface area contributed by atoms with E-state index in [9.17, 15) is 4.79 Å². The standard InChI is InChI=1S/C18H21N5O2S/c1-2-26(23-9-12-8-13(10-23)21-12)7-6-19-18(26)22-17(24)14-4-3-5-15-16(14)20-11-25-15/h3-7,11-13,21H,2,8-10H2,1H3,(H,19,22,24). The van der Waals surface area contributed by atoms with Gasteiger partial charge in [-0.05, 0) is 29.7 Å². The van der Waals surface area contributed by atoms with E-state index in [0.29, 0.717) is 28.7 Å². The first-order valence-electron chi connectivity index (χ1n) is 8.90. The highest BCUT2D eigenvalue weighted by Crippen LogP contribution is 2.57. The number of aliphatic imine (C=N–C) groups is 1. The summed E-state index contributed by atoms with van der Waals surface area (Å²) in [5, 5.41) is 9.64. The van der Waals surface area contributed by atoms with E-state index in [-0.39, 0.29) is 5.91 Å². The minimum atomic E-state index is -1.40. The number of aromatic nitrogens is 1. The Morgan fingerprint density at radius 3 is 3.00 bits per heavy atom. The summed E-state index contributed by atoms with van der Waals surface area (Å²) < 4.78 is 7.84. The Kier molecular flexibility index (Phi) is 3.66. The van der Waals surface area contributed by atoms with E-state index in [2.05, 4.69) is 37.2 Å². The average Bonchev–Trinajstić information content (AvgIpc) is 3.28. The van der Waals surface area contributed by atoms with Gasteiger partial charge in [0.05, 0.1) is 5.56 Å². The lowest BCUT2D eigenvalue weighted by Crippen LogP contribution is -2.67. The Morgan fingerprint density at radius 1 is 1.42 bits per heavy atom. The summed E-state index contributed by atoms with van der Waals surface area (Å²) in [6.07, 6.45) is 4.47. The maximum Gasteiger partial charge on any atom is 0.259 e. The van der Waals surface area contributed by atoms with Crippen LogP contribution in [0.5, 0.6) is 0 Å². The van der Waals surface area contributed by atoms with Crippen LogP contribution >= 0.6 is 10.2 Å². The van der Waals surface area contributed by atoms with E-state index in [4.69, 9.17) is 4.42 Å². The van der Waals surface area contributed by atoms with Crippen molar-refractivity contribution in [1.82, 2.24) is 19.9 Å². The number of amidine groups is 1. The van der Waals surface area contributed by atoms with Crippen molar-refractivity contribution in [3.63, 3.8) is 0 Å². The fraction of sp³-hybridized carbons (Fsp3) is 0.389. The van der Waals surface area contributed by atoms with Crippen LogP contribution in [0.25, 0.3) is 11.1 Å². The number of nitrogens with zero attached hydrogens (tertiary/aromatic N) is 3. The maximum absolute atomic E-state index is 13.0.